The minimum absolute atomic E-state index is 0.330. The van der Waals surface area contributed by atoms with Crippen LogP contribution in [0.15, 0.2) is 61.1 Å². The number of nitrogens with zero attached hydrogens (tertiary/aromatic N) is 3. The molecule has 0 spiro atoms. The predicted octanol–water partition coefficient (Wildman–Crippen LogP) is 4.94. The number of hydroxylamine groups is 1. The Balaban J connectivity index is 1.39. The summed E-state index contributed by atoms with van der Waals surface area (Å²) in [6.07, 6.45) is 12.4. The summed E-state index contributed by atoms with van der Waals surface area (Å²) < 4.78 is 1.99. The van der Waals surface area contributed by atoms with E-state index in [0.717, 1.165) is 44.5 Å². The van der Waals surface area contributed by atoms with Crippen LogP contribution in [0.4, 0.5) is 0 Å². The van der Waals surface area contributed by atoms with E-state index in [-0.39, 0.29) is 0 Å². The normalized spacial score (nSPS) is 15.3. The Bertz CT molecular complexity index is 1400. The highest BCUT2D eigenvalue weighted by molar-refractivity contribution is 5.90. The molecular weight excluding hydrogens is 450 g/mol. The number of aromatic nitrogens is 3. The number of H-pyrrole nitrogens is 1. The molecule has 2 aromatic heterocycles. The lowest BCUT2D eigenvalue weighted by Gasteiger charge is -2.29. The van der Waals surface area contributed by atoms with Gasteiger partial charge in [0.05, 0.1) is 6.20 Å². The molecule has 3 N–H and O–H groups in total. The molecule has 1 aliphatic rings. The Labute approximate surface area is 211 Å². The number of rotatable bonds is 9. The van der Waals surface area contributed by atoms with Gasteiger partial charge in [0.25, 0.3) is 5.91 Å². The lowest BCUT2D eigenvalue weighted by atomic mass is 10.0. The van der Waals surface area contributed by atoms with E-state index in [1.807, 2.05) is 16.9 Å². The smallest absolute Gasteiger partial charge is 0.267 e. The van der Waals surface area contributed by atoms with Crippen molar-refractivity contribution in [3.8, 4) is 0 Å². The van der Waals surface area contributed by atoms with Crippen molar-refractivity contribution in [1.82, 2.24) is 25.1 Å². The zero-order valence-electron chi connectivity index (χ0n) is 20.9. The standard InChI is InChI=1S/C29H33N5O2/c1-3-34-19-22(16-31-34)18-33(13-12-24-17-30-27-14-20(2)4-8-25(24)27)28-10-7-23-15-21(5-9-26(23)28)6-11-29(35)32-36/h4-6,8-9,11,14-17,19,28,30,36H,3,7,10,12-13,18H2,1-2H3,(H,32,35)/b11-6+. The first kappa shape index (κ1) is 24.0. The van der Waals surface area contributed by atoms with E-state index in [1.165, 1.54) is 44.8 Å². The summed E-state index contributed by atoms with van der Waals surface area (Å²) in [5, 5.41) is 14.5. The van der Waals surface area contributed by atoms with E-state index >= 15 is 0 Å². The number of aromatic amines is 1. The van der Waals surface area contributed by atoms with Gasteiger partial charge in [0, 0.05) is 60.6 Å². The zero-order chi connectivity index (χ0) is 25.1. The van der Waals surface area contributed by atoms with Crippen LogP contribution in [-0.4, -0.2) is 37.3 Å². The van der Waals surface area contributed by atoms with E-state index in [4.69, 9.17) is 5.21 Å². The minimum atomic E-state index is -0.528. The number of nitrogens with one attached hydrogen (secondary N) is 2. The number of benzene rings is 2. The molecule has 1 atom stereocenters. The maximum Gasteiger partial charge on any atom is 0.267 e. The lowest BCUT2D eigenvalue weighted by molar-refractivity contribution is -0.124. The van der Waals surface area contributed by atoms with Crippen molar-refractivity contribution >= 4 is 22.9 Å². The van der Waals surface area contributed by atoms with Gasteiger partial charge in [-0.15, -0.1) is 0 Å². The summed E-state index contributed by atoms with van der Waals surface area (Å²) in [6, 6.07) is 13.3. The van der Waals surface area contributed by atoms with Gasteiger partial charge in [0.2, 0.25) is 0 Å². The summed E-state index contributed by atoms with van der Waals surface area (Å²) in [4.78, 5) is 17.4. The van der Waals surface area contributed by atoms with Crippen molar-refractivity contribution in [2.75, 3.05) is 6.54 Å². The fraction of sp³-hybridized carbons (Fsp3) is 0.310. The topological polar surface area (TPSA) is 86.2 Å². The summed E-state index contributed by atoms with van der Waals surface area (Å²) in [5.41, 5.74) is 10.3. The van der Waals surface area contributed by atoms with Crippen LogP contribution in [0, 0.1) is 6.92 Å². The second-order valence-electron chi connectivity index (χ2n) is 9.61. The van der Waals surface area contributed by atoms with Crippen LogP contribution in [-0.2, 0) is 30.7 Å². The molecule has 0 saturated carbocycles. The van der Waals surface area contributed by atoms with Crippen molar-refractivity contribution in [2.24, 2.45) is 0 Å². The number of hydrogen-bond donors (Lipinski definition) is 3. The molecule has 1 unspecified atom stereocenters. The molecule has 5 rings (SSSR count). The monoisotopic (exact) mass is 483 g/mol. The van der Waals surface area contributed by atoms with E-state index in [2.05, 4.69) is 71.6 Å². The highest BCUT2D eigenvalue weighted by Crippen LogP contribution is 2.37. The van der Waals surface area contributed by atoms with E-state index < -0.39 is 5.91 Å². The fourth-order valence-electron chi connectivity index (χ4n) is 5.32. The van der Waals surface area contributed by atoms with Gasteiger partial charge in [0.1, 0.15) is 0 Å². The molecule has 0 aliphatic heterocycles. The van der Waals surface area contributed by atoms with Gasteiger partial charge in [0.15, 0.2) is 0 Å². The summed E-state index contributed by atoms with van der Waals surface area (Å²) in [7, 11) is 0. The largest absolute Gasteiger partial charge is 0.361 e. The van der Waals surface area contributed by atoms with Crippen molar-refractivity contribution in [3.63, 3.8) is 0 Å². The molecule has 7 heteroatoms. The number of aryl methyl sites for hydroxylation is 3. The van der Waals surface area contributed by atoms with Gasteiger partial charge in [-0.2, -0.15) is 5.10 Å². The van der Waals surface area contributed by atoms with Gasteiger partial charge in [-0.1, -0.05) is 30.3 Å². The van der Waals surface area contributed by atoms with Crippen molar-refractivity contribution < 1.29 is 10.0 Å². The molecule has 2 heterocycles. The molecule has 0 saturated heterocycles. The SMILES string of the molecule is CCn1cc(CN(CCc2c[nH]c3cc(C)ccc23)C2CCc3cc(/C=C/C(=O)NO)ccc32)cn1. The molecule has 4 aromatic rings. The van der Waals surface area contributed by atoms with Gasteiger partial charge in [-0.25, -0.2) is 5.48 Å². The van der Waals surface area contributed by atoms with Crippen LogP contribution in [0.2, 0.25) is 0 Å². The fourth-order valence-corrected chi connectivity index (χ4v) is 5.32. The van der Waals surface area contributed by atoms with Crippen LogP contribution < -0.4 is 5.48 Å². The van der Waals surface area contributed by atoms with Gasteiger partial charge in [-0.05, 0) is 73.1 Å². The maximum absolute atomic E-state index is 11.4. The molecular formula is C29H33N5O2. The second kappa shape index (κ2) is 10.5. The minimum Gasteiger partial charge on any atom is -0.361 e. The van der Waals surface area contributed by atoms with Gasteiger partial charge in [-0.3, -0.25) is 19.6 Å². The van der Waals surface area contributed by atoms with E-state index in [9.17, 15) is 4.79 Å². The summed E-state index contributed by atoms with van der Waals surface area (Å²) in [5.74, 6) is -0.528. The number of amides is 1. The van der Waals surface area contributed by atoms with Crippen molar-refractivity contribution in [3.05, 3.63) is 94.4 Å². The summed E-state index contributed by atoms with van der Waals surface area (Å²) >= 11 is 0. The molecule has 7 nitrogen and oxygen atoms in total. The molecule has 0 bridgehead atoms. The highest BCUT2D eigenvalue weighted by Gasteiger charge is 2.28. The average Bonchev–Trinajstić information content (AvgIpc) is 3.62. The predicted molar refractivity (Wildman–Crippen MR) is 142 cm³/mol. The highest BCUT2D eigenvalue weighted by atomic mass is 16.5. The maximum atomic E-state index is 11.4. The Morgan fingerprint density at radius 3 is 3.00 bits per heavy atom. The van der Waals surface area contributed by atoms with Crippen LogP contribution in [0.1, 0.15) is 52.8 Å². The van der Waals surface area contributed by atoms with Crippen LogP contribution in [0.3, 0.4) is 0 Å². The van der Waals surface area contributed by atoms with Gasteiger partial charge < -0.3 is 4.98 Å². The first-order valence-corrected chi connectivity index (χ1v) is 12.6. The third-order valence-electron chi connectivity index (χ3n) is 7.18. The molecule has 186 valence electrons. The lowest BCUT2D eigenvalue weighted by Crippen LogP contribution is -2.29. The molecule has 2 aromatic carbocycles. The number of hydrogen-bond acceptors (Lipinski definition) is 4. The molecule has 1 amide bonds. The average molecular weight is 484 g/mol. The Morgan fingerprint density at radius 2 is 2.19 bits per heavy atom. The first-order chi connectivity index (χ1) is 17.5. The van der Waals surface area contributed by atoms with Gasteiger partial charge >= 0.3 is 0 Å². The third kappa shape index (κ3) is 5.12. The Kier molecular flexibility index (Phi) is 7.02. The molecule has 36 heavy (non-hydrogen) atoms. The quantitative estimate of drug-likeness (QED) is 0.179. The van der Waals surface area contributed by atoms with Crippen LogP contribution in [0.25, 0.3) is 17.0 Å². The van der Waals surface area contributed by atoms with Crippen LogP contribution >= 0.6 is 0 Å². The number of fused-ring (bicyclic) bond motifs is 2. The van der Waals surface area contributed by atoms with E-state index in [0.29, 0.717) is 6.04 Å². The summed E-state index contributed by atoms with van der Waals surface area (Å²) in [6.45, 7) is 6.89. The Hall–Kier alpha value is -3.68. The van der Waals surface area contributed by atoms with Crippen molar-refractivity contribution in [1.29, 1.82) is 0 Å². The van der Waals surface area contributed by atoms with E-state index in [1.54, 1.807) is 11.6 Å². The number of carbonyl (C=O) groups is 1. The Morgan fingerprint density at radius 1 is 1.31 bits per heavy atom. The molecule has 0 radical (unpaired) electrons. The second-order valence-corrected chi connectivity index (χ2v) is 9.61. The third-order valence-corrected chi connectivity index (χ3v) is 7.18. The number of carbonyl (C=O) groups excluding carboxylic acids is 1. The molecule has 0 fully saturated rings. The first-order valence-electron chi connectivity index (χ1n) is 12.6. The van der Waals surface area contributed by atoms with Crippen molar-refractivity contribution in [2.45, 2.75) is 52.2 Å². The molecule has 1 aliphatic carbocycles. The van der Waals surface area contributed by atoms with Crippen LogP contribution in [0.5, 0.6) is 0 Å². The zero-order valence-corrected chi connectivity index (χ0v) is 20.9.